The van der Waals surface area contributed by atoms with Crippen LogP contribution in [-0.4, -0.2) is 24.3 Å². The molecule has 0 aromatic carbocycles. The van der Waals surface area contributed by atoms with Gasteiger partial charge in [0, 0.05) is 18.8 Å². The van der Waals surface area contributed by atoms with E-state index < -0.39 is 0 Å². The van der Waals surface area contributed by atoms with Gasteiger partial charge >= 0.3 is 0 Å². The summed E-state index contributed by atoms with van der Waals surface area (Å²) in [5.41, 5.74) is 2.74. The van der Waals surface area contributed by atoms with E-state index in [0.29, 0.717) is 30.3 Å². The standard InChI is InChI=1S/C20H36O2.C10H18O/c1-14(2)8-7-9-15(3)13-19-21-18-12-16(4)10-11-17(18)20(5,6)22-19;1-9(2)5-4-6-10(3)7-8-11/h8,15-19H,7,9-13H2,1-6H3;5,8,10H,4,6-7H2,1-3H3. The lowest BCUT2D eigenvalue weighted by Gasteiger charge is -2.50. The summed E-state index contributed by atoms with van der Waals surface area (Å²) in [5.74, 6) is 2.56. The van der Waals surface area contributed by atoms with Crippen LogP contribution in [0.4, 0.5) is 0 Å². The van der Waals surface area contributed by atoms with Crippen LogP contribution in [0.15, 0.2) is 23.3 Å². The van der Waals surface area contributed by atoms with Crippen LogP contribution in [0.25, 0.3) is 0 Å². The Kier molecular flexibility index (Phi) is 13.8. The summed E-state index contributed by atoms with van der Waals surface area (Å²) in [6, 6.07) is 0. The smallest absolute Gasteiger partial charge is 0.158 e. The summed E-state index contributed by atoms with van der Waals surface area (Å²) < 4.78 is 12.7. The van der Waals surface area contributed by atoms with E-state index in [1.54, 1.807) is 0 Å². The molecule has 33 heavy (non-hydrogen) atoms. The van der Waals surface area contributed by atoms with Gasteiger partial charge in [-0.25, -0.2) is 0 Å². The van der Waals surface area contributed by atoms with Gasteiger partial charge in [0.05, 0.1) is 11.7 Å². The number of fused-ring (bicyclic) bond motifs is 1. The van der Waals surface area contributed by atoms with Gasteiger partial charge < -0.3 is 14.3 Å². The molecule has 2 aliphatic rings. The van der Waals surface area contributed by atoms with Gasteiger partial charge in [-0.3, -0.25) is 0 Å². The van der Waals surface area contributed by atoms with Crippen molar-refractivity contribution in [3.05, 3.63) is 23.3 Å². The zero-order valence-electron chi connectivity index (χ0n) is 23.3. The second-order valence-electron chi connectivity index (χ2n) is 11.9. The summed E-state index contributed by atoms with van der Waals surface area (Å²) in [5, 5.41) is 0. The maximum absolute atomic E-state index is 10.1. The van der Waals surface area contributed by atoms with E-state index in [0.717, 1.165) is 31.5 Å². The number of carbonyl (C=O) groups excluding carboxylic acids is 1. The molecule has 3 heteroatoms. The molecule has 0 N–H and O–H groups in total. The fourth-order valence-corrected chi connectivity index (χ4v) is 5.07. The van der Waals surface area contributed by atoms with Crippen molar-refractivity contribution in [2.45, 2.75) is 138 Å². The van der Waals surface area contributed by atoms with Crippen molar-refractivity contribution in [3.8, 4) is 0 Å². The highest BCUT2D eigenvalue weighted by molar-refractivity contribution is 5.49. The fourth-order valence-electron chi connectivity index (χ4n) is 5.07. The molecule has 1 aliphatic carbocycles. The average molecular weight is 463 g/mol. The Morgan fingerprint density at radius 1 is 0.970 bits per heavy atom. The molecule has 1 aliphatic heterocycles. The van der Waals surface area contributed by atoms with E-state index in [1.165, 1.54) is 43.3 Å². The summed E-state index contributed by atoms with van der Waals surface area (Å²) in [7, 11) is 0. The lowest BCUT2D eigenvalue weighted by Crippen LogP contribution is -2.54. The van der Waals surface area contributed by atoms with Crippen molar-refractivity contribution in [1.29, 1.82) is 0 Å². The molecule has 1 heterocycles. The highest BCUT2D eigenvalue weighted by Gasteiger charge is 2.46. The van der Waals surface area contributed by atoms with Crippen LogP contribution in [0.2, 0.25) is 0 Å². The Morgan fingerprint density at radius 2 is 1.55 bits per heavy atom. The number of hydrogen-bond donors (Lipinski definition) is 0. The topological polar surface area (TPSA) is 35.5 Å². The summed E-state index contributed by atoms with van der Waals surface area (Å²) >= 11 is 0. The Hall–Kier alpha value is -0.930. The summed E-state index contributed by atoms with van der Waals surface area (Å²) in [6.45, 7) is 19.9. The predicted octanol–water partition coefficient (Wildman–Crippen LogP) is 8.67. The Morgan fingerprint density at radius 3 is 2.09 bits per heavy atom. The molecule has 1 saturated heterocycles. The Bertz CT molecular complexity index is 610. The van der Waals surface area contributed by atoms with Crippen molar-refractivity contribution >= 4 is 6.29 Å². The zero-order valence-corrected chi connectivity index (χ0v) is 23.3. The van der Waals surface area contributed by atoms with Gasteiger partial charge in [-0.2, -0.15) is 0 Å². The third kappa shape index (κ3) is 12.4. The van der Waals surface area contributed by atoms with E-state index >= 15 is 0 Å². The molecule has 6 unspecified atom stereocenters. The van der Waals surface area contributed by atoms with E-state index in [-0.39, 0.29) is 11.9 Å². The van der Waals surface area contributed by atoms with Crippen LogP contribution in [0.5, 0.6) is 0 Å². The minimum absolute atomic E-state index is 0.0109. The predicted molar refractivity (Wildman–Crippen MR) is 141 cm³/mol. The van der Waals surface area contributed by atoms with Crippen LogP contribution in [0.3, 0.4) is 0 Å². The van der Waals surface area contributed by atoms with Gasteiger partial charge in [-0.15, -0.1) is 0 Å². The third-order valence-corrected chi connectivity index (χ3v) is 7.23. The molecule has 0 amide bonds. The number of hydrogen-bond acceptors (Lipinski definition) is 3. The molecule has 0 aromatic rings. The first-order chi connectivity index (χ1) is 15.4. The minimum atomic E-state index is -0.0344. The number of allylic oxidation sites excluding steroid dienone is 4. The lowest BCUT2D eigenvalue weighted by atomic mass is 9.72. The molecule has 6 atom stereocenters. The van der Waals surface area contributed by atoms with Gasteiger partial charge in [0.15, 0.2) is 6.29 Å². The Balaban J connectivity index is 0.000000420. The van der Waals surface area contributed by atoms with E-state index in [4.69, 9.17) is 9.47 Å². The van der Waals surface area contributed by atoms with Crippen LogP contribution in [0.1, 0.15) is 120 Å². The molecular formula is C30H54O3. The average Bonchev–Trinajstić information content (AvgIpc) is 2.67. The fraction of sp³-hybridized carbons (Fsp3) is 0.833. The second-order valence-corrected chi connectivity index (χ2v) is 11.9. The third-order valence-electron chi connectivity index (χ3n) is 7.23. The Labute approximate surface area is 205 Å². The molecule has 0 radical (unpaired) electrons. The van der Waals surface area contributed by atoms with Crippen molar-refractivity contribution in [2.24, 2.45) is 23.7 Å². The molecule has 1 saturated carbocycles. The van der Waals surface area contributed by atoms with E-state index in [1.807, 2.05) is 0 Å². The highest BCUT2D eigenvalue weighted by Crippen LogP contribution is 2.44. The van der Waals surface area contributed by atoms with Gasteiger partial charge in [0.25, 0.3) is 0 Å². The maximum Gasteiger partial charge on any atom is 0.158 e. The minimum Gasteiger partial charge on any atom is -0.349 e. The van der Waals surface area contributed by atoms with E-state index in [9.17, 15) is 4.79 Å². The van der Waals surface area contributed by atoms with Crippen molar-refractivity contribution in [2.75, 3.05) is 0 Å². The van der Waals surface area contributed by atoms with Gasteiger partial charge in [0.2, 0.25) is 0 Å². The van der Waals surface area contributed by atoms with Gasteiger partial charge in [-0.1, -0.05) is 50.5 Å². The van der Waals surface area contributed by atoms with Crippen LogP contribution in [0, 0.1) is 23.7 Å². The maximum atomic E-state index is 10.1. The molecule has 0 aromatic heterocycles. The van der Waals surface area contributed by atoms with E-state index in [2.05, 4.69) is 74.5 Å². The van der Waals surface area contributed by atoms with Gasteiger partial charge in [0.1, 0.15) is 6.29 Å². The second kappa shape index (κ2) is 15.1. The van der Waals surface area contributed by atoms with Crippen LogP contribution in [-0.2, 0) is 14.3 Å². The molecule has 192 valence electrons. The molecule has 2 fully saturated rings. The number of ether oxygens (including phenoxy) is 2. The normalized spacial score (nSPS) is 27.8. The summed E-state index contributed by atoms with van der Waals surface area (Å²) in [4.78, 5) is 10.1. The largest absolute Gasteiger partial charge is 0.349 e. The highest BCUT2D eigenvalue weighted by atomic mass is 16.7. The van der Waals surface area contributed by atoms with Crippen LogP contribution < -0.4 is 0 Å². The molecule has 0 spiro atoms. The molecule has 0 bridgehead atoms. The quantitative estimate of drug-likeness (QED) is 0.240. The SMILES string of the molecule is CC(C)=CCCC(C)CC1OC2CC(C)CCC2C(C)(C)O1.CC(C)=CCCC(C)CC=O. The van der Waals surface area contributed by atoms with Crippen LogP contribution >= 0.6 is 0 Å². The first kappa shape index (κ1) is 30.1. The van der Waals surface area contributed by atoms with Gasteiger partial charge in [-0.05, 0) is 97.8 Å². The number of carbonyl (C=O) groups is 1. The zero-order chi connectivity index (χ0) is 25.0. The lowest BCUT2D eigenvalue weighted by molar-refractivity contribution is -0.312. The number of aldehydes is 1. The van der Waals surface area contributed by atoms with Crippen molar-refractivity contribution in [3.63, 3.8) is 0 Å². The van der Waals surface area contributed by atoms with Crippen molar-refractivity contribution in [1.82, 2.24) is 0 Å². The first-order valence-electron chi connectivity index (χ1n) is 13.5. The molecule has 2 rings (SSSR count). The molecule has 3 nitrogen and oxygen atoms in total. The molecular weight excluding hydrogens is 408 g/mol. The monoisotopic (exact) mass is 462 g/mol. The van der Waals surface area contributed by atoms with Crippen molar-refractivity contribution < 1.29 is 14.3 Å². The number of rotatable bonds is 10. The first-order valence-corrected chi connectivity index (χ1v) is 13.5. The summed E-state index contributed by atoms with van der Waals surface area (Å²) in [6.07, 6.45) is 16.1.